The minimum Gasteiger partial charge on any atom is -0.396 e. The Morgan fingerprint density at radius 1 is 1.32 bits per heavy atom. The van der Waals surface area contributed by atoms with Gasteiger partial charge in [0.05, 0.1) is 17.1 Å². The predicted octanol–water partition coefficient (Wildman–Crippen LogP) is 3.41. The molecule has 5 heteroatoms. The summed E-state index contributed by atoms with van der Waals surface area (Å²) in [5.41, 5.74) is 3.71. The smallest absolute Gasteiger partial charge is 0.0648 e. The summed E-state index contributed by atoms with van der Waals surface area (Å²) in [7, 11) is 2.21. The van der Waals surface area contributed by atoms with Crippen molar-refractivity contribution in [1.29, 1.82) is 0 Å². The molecule has 2 saturated heterocycles. The van der Waals surface area contributed by atoms with Gasteiger partial charge in [-0.3, -0.25) is 4.90 Å². The number of likely N-dealkylation sites (N-methyl/N-ethyl adjacent to an activating group) is 1. The van der Waals surface area contributed by atoms with Gasteiger partial charge in [-0.15, -0.1) is 0 Å². The van der Waals surface area contributed by atoms with Crippen LogP contribution in [0.5, 0.6) is 0 Å². The second-order valence-corrected chi connectivity index (χ2v) is 8.40. The van der Waals surface area contributed by atoms with Gasteiger partial charge in [0.1, 0.15) is 0 Å². The lowest BCUT2D eigenvalue weighted by molar-refractivity contribution is -0.0686. The van der Waals surface area contributed by atoms with Crippen molar-refractivity contribution in [3.8, 4) is 0 Å². The Morgan fingerprint density at radius 3 is 2.92 bits per heavy atom. The number of aromatic nitrogens is 1. The normalized spacial score (nSPS) is 28.4. The van der Waals surface area contributed by atoms with E-state index in [1.807, 2.05) is 12.1 Å². The van der Waals surface area contributed by atoms with Crippen LogP contribution < -0.4 is 0 Å². The average molecular weight is 362 g/mol. The van der Waals surface area contributed by atoms with E-state index in [0.717, 1.165) is 49.6 Å². The van der Waals surface area contributed by atoms with Crippen molar-refractivity contribution in [2.24, 2.45) is 5.41 Å². The SMILES string of the molecule is Cc1c(CN2CC[C@@]3(CO)CCCN(C)[C@@H]3C2)[nH]c2c(Cl)cccc12. The van der Waals surface area contributed by atoms with Gasteiger partial charge in [0.25, 0.3) is 0 Å². The zero-order chi connectivity index (χ0) is 17.6. The van der Waals surface area contributed by atoms with E-state index in [-0.39, 0.29) is 5.41 Å². The number of piperidine rings is 2. The van der Waals surface area contributed by atoms with Crippen LogP contribution in [0.4, 0.5) is 0 Å². The average Bonchev–Trinajstić information content (AvgIpc) is 2.93. The molecule has 2 aromatic rings. The summed E-state index contributed by atoms with van der Waals surface area (Å²) in [5, 5.41) is 12.1. The first kappa shape index (κ1) is 17.3. The van der Waals surface area contributed by atoms with Crippen LogP contribution in [0.25, 0.3) is 10.9 Å². The summed E-state index contributed by atoms with van der Waals surface area (Å²) >= 11 is 6.35. The Hall–Kier alpha value is -1.07. The van der Waals surface area contributed by atoms with Gasteiger partial charge in [0.2, 0.25) is 0 Å². The van der Waals surface area contributed by atoms with Gasteiger partial charge in [-0.05, 0) is 58.0 Å². The van der Waals surface area contributed by atoms with Gasteiger partial charge < -0.3 is 15.0 Å². The topological polar surface area (TPSA) is 42.5 Å². The number of nitrogens with zero attached hydrogens (tertiary/aromatic N) is 2. The van der Waals surface area contributed by atoms with Crippen LogP contribution in [0.3, 0.4) is 0 Å². The Bertz CT molecular complexity index is 774. The third-order valence-electron chi connectivity index (χ3n) is 6.62. The number of likely N-dealkylation sites (tertiary alicyclic amines) is 2. The predicted molar refractivity (Wildman–Crippen MR) is 103 cm³/mol. The van der Waals surface area contributed by atoms with Crippen LogP contribution in [0.15, 0.2) is 18.2 Å². The highest BCUT2D eigenvalue weighted by Gasteiger charge is 2.46. The van der Waals surface area contributed by atoms with Crippen LogP contribution in [-0.2, 0) is 6.54 Å². The van der Waals surface area contributed by atoms with Crippen LogP contribution in [-0.4, -0.2) is 59.2 Å². The summed E-state index contributed by atoms with van der Waals surface area (Å²) in [5.74, 6) is 0. The molecule has 0 amide bonds. The molecule has 0 aliphatic carbocycles. The highest BCUT2D eigenvalue weighted by atomic mass is 35.5. The lowest BCUT2D eigenvalue weighted by atomic mass is 9.69. The van der Waals surface area contributed by atoms with Gasteiger partial charge in [-0.1, -0.05) is 23.7 Å². The minimum atomic E-state index is 0.0995. The zero-order valence-electron chi connectivity index (χ0n) is 15.2. The number of nitrogens with one attached hydrogen (secondary N) is 1. The Morgan fingerprint density at radius 2 is 2.16 bits per heavy atom. The number of H-pyrrole nitrogens is 1. The number of benzene rings is 1. The van der Waals surface area contributed by atoms with Crippen LogP contribution in [0.1, 0.15) is 30.5 Å². The van der Waals surface area contributed by atoms with Crippen LogP contribution >= 0.6 is 11.6 Å². The molecule has 2 N–H and O–H groups in total. The number of hydrogen-bond acceptors (Lipinski definition) is 3. The van der Waals surface area contributed by atoms with Crippen molar-refractivity contribution in [1.82, 2.24) is 14.8 Å². The van der Waals surface area contributed by atoms with Crippen molar-refractivity contribution < 1.29 is 5.11 Å². The number of halogens is 1. The number of hydrogen-bond donors (Lipinski definition) is 2. The molecule has 1 aromatic heterocycles. The van der Waals surface area contributed by atoms with E-state index in [4.69, 9.17) is 11.6 Å². The molecule has 2 atom stereocenters. The number of aliphatic hydroxyl groups is 1. The molecule has 0 saturated carbocycles. The first-order valence-electron chi connectivity index (χ1n) is 9.33. The van der Waals surface area contributed by atoms with Gasteiger partial charge in [0.15, 0.2) is 0 Å². The van der Waals surface area contributed by atoms with Crippen LogP contribution in [0.2, 0.25) is 5.02 Å². The fourth-order valence-electron chi connectivity index (χ4n) is 4.97. The summed E-state index contributed by atoms with van der Waals surface area (Å²) in [6.45, 7) is 6.63. The van der Waals surface area contributed by atoms with Gasteiger partial charge >= 0.3 is 0 Å². The molecule has 4 rings (SSSR count). The van der Waals surface area contributed by atoms with Gasteiger partial charge in [0, 0.05) is 35.6 Å². The molecule has 0 bridgehead atoms. The molecule has 4 nitrogen and oxygen atoms in total. The molecule has 25 heavy (non-hydrogen) atoms. The largest absolute Gasteiger partial charge is 0.396 e. The molecule has 3 heterocycles. The first-order valence-corrected chi connectivity index (χ1v) is 9.71. The molecule has 2 aliphatic rings. The van der Waals surface area contributed by atoms with Gasteiger partial charge in [-0.25, -0.2) is 0 Å². The van der Waals surface area contributed by atoms with E-state index in [9.17, 15) is 5.11 Å². The maximum absolute atomic E-state index is 10.1. The van der Waals surface area contributed by atoms with Crippen LogP contribution in [0, 0.1) is 12.3 Å². The summed E-state index contributed by atoms with van der Waals surface area (Å²) in [6, 6.07) is 6.55. The molecular weight excluding hydrogens is 334 g/mol. The molecule has 0 unspecified atom stereocenters. The molecule has 2 fully saturated rings. The fraction of sp³-hybridized carbons (Fsp3) is 0.600. The second-order valence-electron chi connectivity index (χ2n) is 8.00. The van der Waals surface area contributed by atoms with E-state index in [1.54, 1.807) is 0 Å². The number of aromatic amines is 1. The highest BCUT2D eigenvalue weighted by molar-refractivity contribution is 6.35. The first-order chi connectivity index (χ1) is 12.0. The van der Waals surface area contributed by atoms with Gasteiger partial charge in [-0.2, -0.15) is 0 Å². The third-order valence-corrected chi connectivity index (χ3v) is 6.94. The third kappa shape index (κ3) is 2.89. The van der Waals surface area contributed by atoms with Crippen molar-refractivity contribution in [2.75, 3.05) is 33.3 Å². The monoisotopic (exact) mass is 361 g/mol. The second kappa shape index (κ2) is 6.58. The number of aliphatic hydroxyl groups excluding tert-OH is 1. The molecular formula is C20H28ClN3O. The lowest BCUT2D eigenvalue weighted by Crippen LogP contribution is -2.61. The number of fused-ring (bicyclic) bond motifs is 2. The van der Waals surface area contributed by atoms with Crippen molar-refractivity contribution >= 4 is 22.5 Å². The number of aryl methyl sites for hydroxylation is 1. The Labute approximate surface area is 154 Å². The molecule has 0 spiro atoms. The quantitative estimate of drug-likeness (QED) is 0.880. The Kier molecular flexibility index (Phi) is 4.57. The summed E-state index contributed by atoms with van der Waals surface area (Å²) < 4.78 is 0. The highest BCUT2D eigenvalue weighted by Crippen LogP contribution is 2.42. The van der Waals surface area contributed by atoms with E-state index in [2.05, 4.69) is 34.8 Å². The summed E-state index contributed by atoms with van der Waals surface area (Å²) in [6.07, 6.45) is 3.44. The summed E-state index contributed by atoms with van der Waals surface area (Å²) in [4.78, 5) is 8.54. The molecule has 0 radical (unpaired) electrons. The maximum Gasteiger partial charge on any atom is 0.0648 e. The molecule has 2 aliphatic heterocycles. The Balaban J connectivity index is 1.56. The maximum atomic E-state index is 10.1. The van der Waals surface area contributed by atoms with E-state index in [1.165, 1.54) is 23.1 Å². The lowest BCUT2D eigenvalue weighted by Gasteiger charge is -2.53. The zero-order valence-corrected chi connectivity index (χ0v) is 15.9. The number of para-hydroxylation sites is 1. The van der Waals surface area contributed by atoms with Crippen molar-refractivity contribution in [2.45, 2.75) is 38.8 Å². The molecule has 1 aromatic carbocycles. The van der Waals surface area contributed by atoms with E-state index < -0.39 is 0 Å². The van der Waals surface area contributed by atoms with E-state index in [0.29, 0.717) is 12.6 Å². The fourth-order valence-corrected chi connectivity index (χ4v) is 5.19. The number of rotatable bonds is 3. The van der Waals surface area contributed by atoms with E-state index >= 15 is 0 Å². The molecule has 136 valence electrons. The standard InChI is InChI=1S/C20H28ClN3O/c1-14-15-5-3-6-16(21)19(15)22-17(14)11-24-10-8-20(13-25)7-4-9-23(2)18(20)12-24/h3,5-6,18,22,25H,4,7-13H2,1-2H3/t18-,20-/m1/s1. The van der Waals surface area contributed by atoms with Crippen molar-refractivity contribution in [3.05, 3.63) is 34.5 Å². The minimum absolute atomic E-state index is 0.0995. The van der Waals surface area contributed by atoms with Crippen molar-refractivity contribution in [3.63, 3.8) is 0 Å².